The van der Waals surface area contributed by atoms with E-state index >= 15 is 0 Å². The Morgan fingerprint density at radius 2 is 1.81 bits per heavy atom. The summed E-state index contributed by atoms with van der Waals surface area (Å²) in [5, 5.41) is 0.893. The summed E-state index contributed by atoms with van der Waals surface area (Å²) in [4.78, 5) is 17.3. The molecule has 27 heavy (non-hydrogen) atoms. The summed E-state index contributed by atoms with van der Waals surface area (Å²) in [6.45, 7) is 0. The summed E-state index contributed by atoms with van der Waals surface area (Å²) >= 11 is 6.24. The minimum absolute atomic E-state index is 0.0571. The molecular formula is C18H17N3O3S3. The highest BCUT2D eigenvalue weighted by Crippen LogP contribution is 2.32. The number of nitrogens with zero attached hydrogens (tertiary/aromatic N) is 2. The van der Waals surface area contributed by atoms with Gasteiger partial charge in [0.2, 0.25) is 0 Å². The number of thioether (sulfide) groups is 1. The van der Waals surface area contributed by atoms with Gasteiger partial charge in [-0.05, 0) is 35.9 Å². The number of amides is 1. The fourth-order valence-corrected chi connectivity index (χ4v) is 4.69. The van der Waals surface area contributed by atoms with Crippen LogP contribution in [-0.2, 0) is 14.8 Å². The first-order valence-electron chi connectivity index (χ1n) is 7.91. The van der Waals surface area contributed by atoms with E-state index in [0.717, 1.165) is 28.0 Å². The zero-order valence-corrected chi connectivity index (χ0v) is 17.1. The zero-order valence-electron chi connectivity index (χ0n) is 14.6. The Hall–Kier alpha value is -2.20. The van der Waals surface area contributed by atoms with Gasteiger partial charge in [-0.2, -0.15) is 0 Å². The molecule has 0 aromatic heterocycles. The number of hydrazine groups is 1. The third kappa shape index (κ3) is 4.38. The standard InChI is InChI=1S/C18H17N3O3S3/c1-20(2)14-8-6-7-13(11-14)12-16-17(22)21(18(25)26-16)19-27(23,24)15-9-4-3-5-10-15/h3-12,19H,1-2H3/b16-12+. The van der Waals surface area contributed by atoms with Crippen molar-refractivity contribution in [1.82, 2.24) is 9.84 Å². The number of hydrogen-bond acceptors (Lipinski definition) is 6. The topological polar surface area (TPSA) is 69.7 Å². The lowest BCUT2D eigenvalue weighted by molar-refractivity contribution is -0.123. The van der Waals surface area contributed by atoms with E-state index in [4.69, 9.17) is 12.2 Å². The molecule has 0 radical (unpaired) electrons. The van der Waals surface area contributed by atoms with E-state index in [1.54, 1.807) is 24.3 Å². The molecule has 140 valence electrons. The number of hydrogen-bond donors (Lipinski definition) is 1. The summed E-state index contributed by atoms with van der Waals surface area (Å²) in [5.74, 6) is -0.500. The van der Waals surface area contributed by atoms with E-state index in [2.05, 4.69) is 4.83 Å². The fraction of sp³-hybridized carbons (Fsp3) is 0.111. The van der Waals surface area contributed by atoms with Crippen molar-refractivity contribution in [3.8, 4) is 0 Å². The lowest BCUT2D eigenvalue weighted by Crippen LogP contribution is -2.44. The average Bonchev–Trinajstić information content (AvgIpc) is 2.90. The van der Waals surface area contributed by atoms with Crippen LogP contribution in [-0.4, -0.2) is 37.7 Å². The molecule has 1 amide bonds. The van der Waals surface area contributed by atoms with Gasteiger partial charge in [-0.1, -0.05) is 54.3 Å². The van der Waals surface area contributed by atoms with E-state index in [-0.39, 0.29) is 9.22 Å². The minimum atomic E-state index is -3.90. The summed E-state index contributed by atoms with van der Waals surface area (Å²) in [6, 6.07) is 15.5. The lowest BCUT2D eigenvalue weighted by Gasteiger charge is -2.15. The third-order valence-electron chi connectivity index (χ3n) is 3.74. The molecule has 0 unspecified atom stereocenters. The first-order chi connectivity index (χ1) is 12.8. The number of benzene rings is 2. The molecule has 0 aliphatic carbocycles. The molecule has 1 N–H and O–H groups in total. The Morgan fingerprint density at radius 3 is 2.48 bits per heavy atom. The minimum Gasteiger partial charge on any atom is -0.378 e. The second-order valence-electron chi connectivity index (χ2n) is 5.91. The van der Waals surface area contributed by atoms with Gasteiger partial charge in [0.05, 0.1) is 9.80 Å². The Morgan fingerprint density at radius 1 is 1.11 bits per heavy atom. The maximum Gasteiger partial charge on any atom is 0.281 e. The van der Waals surface area contributed by atoms with Gasteiger partial charge in [0.25, 0.3) is 15.9 Å². The van der Waals surface area contributed by atoms with E-state index in [9.17, 15) is 13.2 Å². The smallest absolute Gasteiger partial charge is 0.281 e. The Kier molecular flexibility index (Phi) is 5.66. The lowest BCUT2D eigenvalue weighted by atomic mass is 10.2. The van der Waals surface area contributed by atoms with Crippen molar-refractivity contribution in [2.24, 2.45) is 0 Å². The van der Waals surface area contributed by atoms with Gasteiger partial charge in [0.1, 0.15) is 0 Å². The predicted octanol–water partition coefficient (Wildman–Crippen LogP) is 2.85. The van der Waals surface area contributed by atoms with Crippen molar-refractivity contribution in [2.75, 3.05) is 19.0 Å². The maximum absolute atomic E-state index is 12.7. The molecule has 1 aliphatic rings. The van der Waals surface area contributed by atoms with E-state index in [1.165, 1.54) is 12.1 Å². The van der Waals surface area contributed by atoms with Crippen LogP contribution in [0, 0.1) is 0 Å². The summed E-state index contributed by atoms with van der Waals surface area (Å²) in [5.41, 5.74) is 1.82. The number of nitrogens with one attached hydrogen (secondary N) is 1. The van der Waals surface area contributed by atoms with Crippen molar-refractivity contribution in [2.45, 2.75) is 4.90 Å². The van der Waals surface area contributed by atoms with Crippen LogP contribution in [0.15, 0.2) is 64.4 Å². The first-order valence-corrected chi connectivity index (χ1v) is 10.6. The number of carbonyl (C=O) groups excluding carboxylic acids is 1. The molecule has 1 aliphatic heterocycles. The van der Waals surface area contributed by atoms with Gasteiger partial charge in [0, 0.05) is 19.8 Å². The quantitative estimate of drug-likeness (QED) is 0.594. The Balaban J connectivity index is 1.84. The number of rotatable bonds is 5. The molecule has 2 aromatic rings. The van der Waals surface area contributed by atoms with E-state index < -0.39 is 15.9 Å². The molecule has 2 aromatic carbocycles. The van der Waals surface area contributed by atoms with E-state index in [1.807, 2.05) is 43.3 Å². The van der Waals surface area contributed by atoms with Crippen molar-refractivity contribution >= 4 is 56.0 Å². The van der Waals surface area contributed by atoms with Crippen LogP contribution in [0.3, 0.4) is 0 Å². The number of carbonyl (C=O) groups is 1. The van der Waals surface area contributed by atoms with Crippen molar-refractivity contribution in [3.05, 3.63) is 65.1 Å². The van der Waals surface area contributed by atoms with Gasteiger partial charge < -0.3 is 4.90 Å². The Labute approximate surface area is 167 Å². The van der Waals surface area contributed by atoms with Crippen LogP contribution in [0.5, 0.6) is 0 Å². The van der Waals surface area contributed by atoms with Crippen LogP contribution >= 0.6 is 24.0 Å². The molecule has 1 fully saturated rings. The molecule has 6 nitrogen and oxygen atoms in total. The predicted molar refractivity (Wildman–Crippen MR) is 113 cm³/mol. The average molecular weight is 420 g/mol. The molecule has 3 rings (SSSR count). The molecule has 0 saturated carbocycles. The molecule has 1 saturated heterocycles. The second kappa shape index (κ2) is 7.81. The van der Waals surface area contributed by atoms with Gasteiger partial charge in [-0.25, -0.2) is 13.4 Å². The van der Waals surface area contributed by atoms with Crippen LogP contribution < -0.4 is 9.73 Å². The number of thiocarbonyl (C=S) groups is 1. The first kappa shape index (κ1) is 19.6. The summed E-state index contributed by atoms with van der Waals surface area (Å²) in [6.07, 6.45) is 1.70. The van der Waals surface area contributed by atoms with Crippen LogP contribution in [0.1, 0.15) is 5.56 Å². The highest BCUT2D eigenvalue weighted by Gasteiger charge is 2.35. The summed E-state index contributed by atoms with van der Waals surface area (Å²) < 4.78 is 25.1. The molecule has 0 atom stereocenters. The zero-order chi connectivity index (χ0) is 19.6. The van der Waals surface area contributed by atoms with Gasteiger partial charge in [-0.15, -0.1) is 4.83 Å². The number of anilines is 1. The molecule has 0 bridgehead atoms. The highest BCUT2D eigenvalue weighted by molar-refractivity contribution is 8.26. The van der Waals surface area contributed by atoms with Gasteiger partial charge in [-0.3, -0.25) is 4.79 Å². The van der Waals surface area contributed by atoms with Gasteiger partial charge >= 0.3 is 0 Å². The van der Waals surface area contributed by atoms with Crippen molar-refractivity contribution in [3.63, 3.8) is 0 Å². The van der Waals surface area contributed by atoms with Crippen LogP contribution in [0.2, 0.25) is 0 Å². The molecule has 9 heteroatoms. The number of sulfonamides is 1. The van der Waals surface area contributed by atoms with Gasteiger partial charge in [0.15, 0.2) is 4.32 Å². The summed E-state index contributed by atoms with van der Waals surface area (Å²) in [7, 11) is -0.0483. The largest absolute Gasteiger partial charge is 0.378 e. The normalized spacial score (nSPS) is 16.2. The van der Waals surface area contributed by atoms with E-state index in [0.29, 0.717) is 4.91 Å². The SMILES string of the molecule is CN(C)c1cccc(/C=C2/SC(=S)N(NS(=O)(=O)c3ccccc3)C2=O)c1. The highest BCUT2D eigenvalue weighted by atomic mass is 32.2. The second-order valence-corrected chi connectivity index (χ2v) is 9.25. The van der Waals surface area contributed by atoms with Crippen molar-refractivity contribution < 1.29 is 13.2 Å². The maximum atomic E-state index is 12.7. The molecule has 1 heterocycles. The molecule has 0 spiro atoms. The Bertz CT molecular complexity index is 1020. The monoisotopic (exact) mass is 419 g/mol. The van der Waals surface area contributed by atoms with Crippen LogP contribution in [0.4, 0.5) is 5.69 Å². The van der Waals surface area contributed by atoms with Crippen molar-refractivity contribution in [1.29, 1.82) is 0 Å². The third-order valence-corrected chi connectivity index (χ3v) is 6.36. The van der Waals surface area contributed by atoms with Crippen LogP contribution in [0.25, 0.3) is 6.08 Å². The fourth-order valence-electron chi connectivity index (χ4n) is 2.36. The molecular weight excluding hydrogens is 402 g/mol.